The third-order valence-electron chi connectivity index (χ3n) is 9.49. The summed E-state index contributed by atoms with van der Waals surface area (Å²) in [6.45, 7) is 12.8. The summed E-state index contributed by atoms with van der Waals surface area (Å²) >= 11 is 0. The SMILES string of the molecule is Cc1nc2c(Oc3cc(C(C)(C)C)ccn3)[c-]c(C3(c4[c-]c(N5C=CN(C)[CH-]5)ccc4)c4ccccc4-c4ccccc43)cn2c1C.[Pt]. The molecule has 0 unspecified atom stereocenters. The van der Waals surface area contributed by atoms with E-state index in [1.807, 2.05) is 43.4 Å². The van der Waals surface area contributed by atoms with E-state index in [-0.39, 0.29) is 26.5 Å². The number of benzene rings is 3. The van der Waals surface area contributed by atoms with Crippen molar-refractivity contribution in [3.8, 4) is 22.8 Å². The van der Waals surface area contributed by atoms with E-state index in [1.165, 1.54) is 22.3 Å². The maximum Gasteiger partial charge on any atom is 0.216 e. The first-order valence-corrected chi connectivity index (χ1v) is 16.0. The van der Waals surface area contributed by atoms with E-state index < -0.39 is 5.41 Å². The average Bonchev–Trinajstić information content (AvgIpc) is 3.73. The summed E-state index contributed by atoms with van der Waals surface area (Å²) in [5, 5.41) is 0. The van der Waals surface area contributed by atoms with Crippen LogP contribution in [0.1, 0.15) is 60.0 Å². The first kappa shape index (κ1) is 31.9. The van der Waals surface area contributed by atoms with Crippen molar-refractivity contribution < 1.29 is 25.8 Å². The number of imidazole rings is 1. The van der Waals surface area contributed by atoms with Gasteiger partial charge in [-0.1, -0.05) is 75.5 Å². The van der Waals surface area contributed by atoms with Crippen molar-refractivity contribution in [2.45, 2.75) is 45.4 Å². The van der Waals surface area contributed by atoms with Crippen LogP contribution in [0.15, 0.2) is 104 Å². The summed E-state index contributed by atoms with van der Waals surface area (Å²) in [5.41, 5.74) is 10.7. The number of ether oxygens (including phenoxy) is 1. The van der Waals surface area contributed by atoms with E-state index >= 15 is 0 Å². The maximum absolute atomic E-state index is 6.68. The normalized spacial score (nSPS) is 14.6. The molecule has 0 saturated heterocycles. The summed E-state index contributed by atoms with van der Waals surface area (Å²) in [7, 11) is 2.03. The summed E-state index contributed by atoms with van der Waals surface area (Å²) in [6.07, 6.45) is 8.09. The second-order valence-electron chi connectivity index (χ2n) is 13.5. The summed E-state index contributed by atoms with van der Waals surface area (Å²) in [5.74, 6) is 1.05. The van der Waals surface area contributed by atoms with Gasteiger partial charge in [-0.15, -0.1) is 22.9 Å². The number of aryl methyl sites for hydroxylation is 2. The standard InChI is InChI=1S/C41H36N5O.Pt/c1-27-28(2)46-25-31(23-37(39(46)43-27)47-38-24-29(18-19-42-38)40(3,4)5)41(30-12-11-13-32(22-30)45-21-20-44(6)26-45)35-16-9-7-14-33(35)34-15-8-10-17-36(34)41;/h7-21,24-26H,1-6H3;/q-3;. The van der Waals surface area contributed by atoms with Gasteiger partial charge in [-0.05, 0) is 72.6 Å². The molecule has 1 aliphatic heterocycles. The molecule has 0 amide bonds. The fourth-order valence-corrected chi connectivity index (χ4v) is 6.96. The van der Waals surface area contributed by atoms with E-state index in [1.54, 1.807) is 0 Å². The Labute approximate surface area is 297 Å². The van der Waals surface area contributed by atoms with Gasteiger partial charge in [-0.3, -0.25) is 4.98 Å². The number of nitrogens with zero attached hydrogens (tertiary/aromatic N) is 5. The number of rotatable bonds is 5. The van der Waals surface area contributed by atoms with Gasteiger partial charge in [0.25, 0.3) is 0 Å². The van der Waals surface area contributed by atoms with Crippen LogP contribution in [-0.4, -0.2) is 26.3 Å². The smallest absolute Gasteiger partial charge is 0.216 e. The molecule has 4 heterocycles. The van der Waals surface area contributed by atoms with Crippen LogP contribution in [0.5, 0.6) is 11.6 Å². The molecule has 0 N–H and O–H groups in total. The van der Waals surface area contributed by atoms with Crippen molar-refractivity contribution >= 4 is 11.3 Å². The van der Waals surface area contributed by atoms with Crippen molar-refractivity contribution in [3.05, 3.63) is 162 Å². The van der Waals surface area contributed by atoms with Crippen molar-refractivity contribution in [2.75, 3.05) is 11.9 Å². The summed E-state index contributed by atoms with van der Waals surface area (Å²) < 4.78 is 8.83. The van der Waals surface area contributed by atoms with Crippen LogP contribution in [0.25, 0.3) is 16.8 Å². The minimum Gasteiger partial charge on any atom is -0.510 e. The molecule has 3 aromatic carbocycles. The van der Waals surface area contributed by atoms with Crippen LogP contribution in [-0.2, 0) is 31.9 Å². The van der Waals surface area contributed by atoms with Crippen molar-refractivity contribution in [3.63, 3.8) is 0 Å². The Bertz CT molecular complexity index is 2170. The van der Waals surface area contributed by atoms with Gasteiger partial charge in [0.1, 0.15) is 0 Å². The van der Waals surface area contributed by atoms with Gasteiger partial charge in [-0.25, -0.2) is 4.98 Å². The molecule has 2 aliphatic rings. The third-order valence-corrected chi connectivity index (χ3v) is 9.49. The minimum atomic E-state index is -0.740. The Morgan fingerprint density at radius 1 is 0.833 bits per heavy atom. The van der Waals surface area contributed by atoms with E-state index in [2.05, 4.69) is 140 Å². The van der Waals surface area contributed by atoms with Crippen molar-refractivity contribution in [1.82, 2.24) is 19.3 Å². The van der Waals surface area contributed by atoms with Gasteiger partial charge in [0.15, 0.2) is 0 Å². The Morgan fingerprint density at radius 2 is 1.54 bits per heavy atom. The first-order chi connectivity index (χ1) is 22.6. The molecular weight excluding hydrogens is 774 g/mol. The van der Waals surface area contributed by atoms with Crippen LogP contribution in [0.2, 0.25) is 0 Å². The zero-order valence-corrected chi connectivity index (χ0v) is 30.1. The van der Waals surface area contributed by atoms with E-state index in [4.69, 9.17) is 9.72 Å². The van der Waals surface area contributed by atoms with Crippen LogP contribution in [0.3, 0.4) is 0 Å². The number of fused-ring (bicyclic) bond motifs is 4. The van der Waals surface area contributed by atoms with Crippen LogP contribution in [0, 0.1) is 32.6 Å². The van der Waals surface area contributed by atoms with E-state index in [0.29, 0.717) is 17.3 Å². The maximum atomic E-state index is 6.68. The van der Waals surface area contributed by atoms with Crippen LogP contribution in [0.4, 0.5) is 5.69 Å². The Balaban J connectivity index is 0.00000364. The predicted octanol–water partition coefficient (Wildman–Crippen LogP) is 8.74. The molecule has 0 radical (unpaired) electrons. The second kappa shape index (κ2) is 11.8. The van der Waals surface area contributed by atoms with E-state index in [9.17, 15) is 0 Å². The van der Waals surface area contributed by atoms with Gasteiger partial charge in [0, 0.05) is 50.1 Å². The third kappa shape index (κ3) is 4.97. The van der Waals surface area contributed by atoms with Crippen LogP contribution >= 0.6 is 0 Å². The Morgan fingerprint density at radius 3 is 2.21 bits per heavy atom. The fraction of sp³-hybridized carbons (Fsp3) is 0.195. The molecular formula is C41H36N5OPt-3. The Hall–Kier alpha value is -4.67. The number of hydrogen-bond donors (Lipinski definition) is 0. The monoisotopic (exact) mass is 809 g/mol. The molecule has 6 aromatic rings. The molecule has 0 saturated carbocycles. The van der Waals surface area contributed by atoms with Gasteiger partial charge in [0.05, 0.1) is 11.4 Å². The molecule has 1 aliphatic carbocycles. The number of pyridine rings is 2. The second-order valence-corrected chi connectivity index (χ2v) is 13.5. The topological polar surface area (TPSA) is 45.9 Å². The molecule has 7 heteroatoms. The number of hydrogen-bond acceptors (Lipinski definition) is 5. The fourth-order valence-electron chi connectivity index (χ4n) is 6.96. The molecule has 0 fully saturated rings. The Kier molecular flexibility index (Phi) is 7.83. The zero-order valence-electron chi connectivity index (χ0n) is 27.9. The zero-order chi connectivity index (χ0) is 32.5. The average molecular weight is 810 g/mol. The summed E-state index contributed by atoms with van der Waals surface area (Å²) in [6, 6.07) is 35.5. The molecule has 8 rings (SSSR count). The molecule has 0 atom stereocenters. The van der Waals surface area contributed by atoms with Crippen molar-refractivity contribution in [2.24, 2.45) is 0 Å². The quantitative estimate of drug-likeness (QED) is 0.163. The largest absolute Gasteiger partial charge is 0.510 e. The minimum absolute atomic E-state index is 0. The first-order valence-electron chi connectivity index (χ1n) is 16.0. The van der Waals surface area contributed by atoms with Crippen molar-refractivity contribution in [1.29, 1.82) is 0 Å². The van der Waals surface area contributed by atoms with Crippen LogP contribution < -0.4 is 9.64 Å². The predicted molar refractivity (Wildman–Crippen MR) is 186 cm³/mol. The van der Waals surface area contributed by atoms with E-state index in [0.717, 1.165) is 33.8 Å². The molecule has 6 nitrogen and oxygen atoms in total. The molecule has 0 bridgehead atoms. The summed E-state index contributed by atoms with van der Waals surface area (Å²) in [4.78, 5) is 13.7. The van der Waals surface area contributed by atoms with Gasteiger partial charge in [0.2, 0.25) is 5.88 Å². The molecule has 3 aromatic heterocycles. The molecule has 244 valence electrons. The number of aromatic nitrogens is 3. The molecule has 0 spiro atoms. The van der Waals surface area contributed by atoms with Gasteiger partial charge in [-0.2, -0.15) is 30.9 Å². The van der Waals surface area contributed by atoms with Gasteiger partial charge < -0.3 is 18.9 Å². The molecule has 48 heavy (non-hydrogen) atoms. The van der Waals surface area contributed by atoms with Gasteiger partial charge >= 0.3 is 0 Å². The number of anilines is 1.